The molecule has 0 saturated carbocycles. The highest BCUT2D eigenvalue weighted by Crippen LogP contribution is 2.45. The summed E-state index contributed by atoms with van der Waals surface area (Å²) in [5, 5.41) is 2.74. The van der Waals surface area contributed by atoms with Gasteiger partial charge in [-0.2, -0.15) is 0 Å². The molecule has 2 aliphatic rings. The third-order valence-electron chi connectivity index (χ3n) is 4.26. The molecule has 2 aliphatic heterocycles. The molecule has 2 saturated heterocycles. The molecule has 114 valence electrons. The Bertz CT molecular complexity index is 703. The summed E-state index contributed by atoms with van der Waals surface area (Å²) in [7, 11) is 0. The standard InChI is InChI=1S/C15H13ClFN3OS/c16-9-3-1-4-10(17)12(9)13-19-7-2-5-11(19)14(21)20(13)15-18-6-8-22-15/h1,3-4,6,8,11,13H,2,5,7H2. The lowest BCUT2D eigenvalue weighted by atomic mass is 10.1. The summed E-state index contributed by atoms with van der Waals surface area (Å²) in [6.45, 7) is 0.758. The predicted octanol–water partition coefficient (Wildman–Crippen LogP) is 3.45. The van der Waals surface area contributed by atoms with Crippen molar-refractivity contribution in [2.45, 2.75) is 25.0 Å². The highest BCUT2D eigenvalue weighted by molar-refractivity contribution is 7.13. The van der Waals surface area contributed by atoms with Crippen molar-refractivity contribution < 1.29 is 9.18 Å². The molecule has 4 nitrogen and oxygen atoms in total. The number of carbonyl (C=O) groups is 1. The van der Waals surface area contributed by atoms with Crippen LogP contribution in [0.1, 0.15) is 24.6 Å². The number of benzene rings is 1. The van der Waals surface area contributed by atoms with Crippen molar-refractivity contribution in [3.63, 3.8) is 0 Å². The summed E-state index contributed by atoms with van der Waals surface area (Å²) in [6, 6.07) is 4.42. The molecule has 2 fully saturated rings. The van der Waals surface area contributed by atoms with E-state index in [9.17, 15) is 9.18 Å². The molecule has 7 heteroatoms. The first kappa shape index (κ1) is 14.1. The summed E-state index contributed by atoms with van der Waals surface area (Å²) < 4.78 is 14.4. The van der Waals surface area contributed by atoms with Crippen LogP contribution in [0.2, 0.25) is 5.02 Å². The number of halogens is 2. The molecule has 2 aromatic rings. The van der Waals surface area contributed by atoms with E-state index < -0.39 is 6.17 Å². The molecule has 1 aromatic heterocycles. The van der Waals surface area contributed by atoms with Gasteiger partial charge in [0.15, 0.2) is 5.13 Å². The minimum Gasteiger partial charge on any atom is -0.273 e. The number of amides is 1. The Balaban J connectivity index is 1.88. The first-order valence-corrected chi connectivity index (χ1v) is 8.36. The van der Waals surface area contributed by atoms with Gasteiger partial charge < -0.3 is 0 Å². The van der Waals surface area contributed by atoms with Gasteiger partial charge in [-0.25, -0.2) is 9.37 Å². The number of rotatable bonds is 2. The van der Waals surface area contributed by atoms with E-state index in [4.69, 9.17) is 11.6 Å². The van der Waals surface area contributed by atoms with Crippen LogP contribution in [0.5, 0.6) is 0 Å². The van der Waals surface area contributed by atoms with Gasteiger partial charge in [-0.05, 0) is 25.0 Å². The smallest absolute Gasteiger partial charge is 0.247 e. The molecule has 2 unspecified atom stereocenters. The Hall–Kier alpha value is -1.50. The molecule has 0 aliphatic carbocycles. The Kier molecular flexibility index (Phi) is 3.40. The molecule has 2 atom stereocenters. The van der Waals surface area contributed by atoms with Crippen molar-refractivity contribution in [2.75, 3.05) is 11.4 Å². The zero-order valence-corrected chi connectivity index (χ0v) is 13.1. The maximum atomic E-state index is 14.4. The van der Waals surface area contributed by atoms with Gasteiger partial charge in [-0.1, -0.05) is 17.7 Å². The monoisotopic (exact) mass is 337 g/mol. The fourth-order valence-electron chi connectivity index (χ4n) is 3.36. The lowest BCUT2D eigenvalue weighted by Crippen LogP contribution is -2.33. The zero-order valence-electron chi connectivity index (χ0n) is 11.6. The van der Waals surface area contributed by atoms with Gasteiger partial charge in [0.2, 0.25) is 5.91 Å². The van der Waals surface area contributed by atoms with E-state index in [1.807, 2.05) is 10.3 Å². The van der Waals surface area contributed by atoms with Crippen molar-refractivity contribution in [1.82, 2.24) is 9.88 Å². The van der Waals surface area contributed by atoms with Crippen LogP contribution in [0.4, 0.5) is 9.52 Å². The first-order chi connectivity index (χ1) is 10.7. The molecule has 4 rings (SSSR count). The summed E-state index contributed by atoms with van der Waals surface area (Å²) in [6.07, 6.45) is 2.87. The van der Waals surface area contributed by atoms with Crippen molar-refractivity contribution in [3.05, 3.63) is 46.2 Å². The molecule has 22 heavy (non-hydrogen) atoms. The third kappa shape index (κ3) is 1.98. The Morgan fingerprint density at radius 1 is 1.41 bits per heavy atom. The van der Waals surface area contributed by atoms with Crippen molar-refractivity contribution in [2.24, 2.45) is 0 Å². The van der Waals surface area contributed by atoms with E-state index >= 15 is 0 Å². The molecule has 0 radical (unpaired) electrons. The van der Waals surface area contributed by atoms with Gasteiger partial charge in [0.25, 0.3) is 0 Å². The van der Waals surface area contributed by atoms with Crippen LogP contribution in [-0.2, 0) is 4.79 Å². The minimum atomic E-state index is -0.514. The zero-order chi connectivity index (χ0) is 15.3. The van der Waals surface area contributed by atoms with Crippen LogP contribution >= 0.6 is 22.9 Å². The van der Waals surface area contributed by atoms with Crippen LogP contribution < -0.4 is 4.90 Å². The molecule has 1 aromatic carbocycles. The lowest BCUT2D eigenvalue weighted by molar-refractivity contribution is -0.119. The van der Waals surface area contributed by atoms with Gasteiger partial charge in [-0.3, -0.25) is 14.6 Å². The van der Waals surface area contributed by atoms with Crippen LogP contribution in [0, 0.1) is 5.82 Å². The largest absolute Gasteiger partial charge is 0.273 e. The van der Waals surface area contributed by atoms with Crippen LogP contribution in [0.3, 0.4) is 0 Å². The second kappa shape index (κ2) is 5.30. The molecule has 0 bridgehead atoms. The number of fused-ring (bicyclic) bond motifs is 1. The number of carbonyl (C=O) groups excluding carboxylic acids is 1. The Morgan fingerprint density at radius 3 is 3.00 bits per heavy atom. The number of hydrogen-bond donors (Lipinski definition) is 0. The van der Waals surface area contributed by atoms with E-state index in [0.717, 1.165) is 19.4 Å². The summed E-state index contributed by atoms with van der Waals surface area (Å²) >= 11 is 7.63. The lowest BCUT2D eigenvalue weighted by Gasteiger charge is -2.28. The van der Waals surface area contributed by atoms with E-state index in [-0.39, 0.29) is 17.8 Å². The first-order valence-electron chi connectivity index (χ1n) is 7.10. The highest BCUT2D eigenvalue weighted by atomic mass is 35.5. The number of hydrogen-bond acceptors (Lipinski definition) is 4. The number of anilines is 1. The van der Waals surface area contributed by atoms with Crippen LogP contribution in [0.15, 0.2) is 29.8 Å². The number of thiazole rings is 1. The topological polar surface area (TPSA) is 36.4 Å². The Morgan fingerprint density at radius 2 is 2.27 bits per heavy atom. The molecule has 0 spiro atoms. The molecule has 3 heterocycles. The number of nitrogens with zero attached hydrogens (tertiary/aromatic N) is 3. The summed E-state index contributed by atoms with van der Waals surface area (Å²) in [4.78, 5) is 20.7. The fourth-order valence-corrected chi connectivity index (χ4v) is 4.29. The molecule has 1 amide bonds. The second-order valence-corrected chi connectivity index (χ2v) is 6.71. The maximum Gasteiger partial charge on any atom is 0.247 e. The van der Waals surface area contributed by atoms with Gasteiger partial charge in [0.05, 0.1) is 11.1 Å². The third-order valence-corrected chi connectivity index (χ3v) is 5.36. The van der Waals surface area contributed by atoms with Crippen molar-refractivity contribution in [3.8, 4) is 0 Å². The minimum absolute atomic E-state index is 0.0169. The molecular formula is C15H13ClFN3OS. The molecule has 0 N–H and O–H groups in total. The van der Waals surface area contributed by atoms with E-state index in [0.29, 0.717) is 15.7 Å². The van der Waals surface area contributed by atoms with Gasteiger partial charge in [0, 0.05) is 23.7 Å². The van der Waals surface area contributed by atoms with E-state index in [1.165, 1.54) is 17.4 Å². The van der Waals surface area contributed by atoms with Gasteiger partial charge >= 0.3 is 0 Å². The number of aromatic nitrogens is 1. The second-order valence-electron chi connectivity index (χ2n) is 5.43. The Labute approximate surface area is 136 Å². The quantitative estimate of drug-likeness (QED) is 0.842. The van der Waals surface area contributed by atoms with Gasteiger partial charge in [0.1, 0.15) is 12.0 Å². The summed E-state index contributed by atoms with van der Waals surface area (Å²) in [5.74, 6) is -0.406. The average Bonchev–Trinajstić information content (AvgIpc) is 3.19. The fraction of sp³-hybridized carbons (Fsp3) is 0.333. The van der Waals surface area contributed by atoms with E-state index in [1.54, 1.807) is 23.2 Å². The maximum absolute atomic E-state index is 14.4. The van der Waals surface area contributed by atoms with Gasteiger partial charge in [-0.15, -0.1) is 11.3 Å². The average molecular weight is 338 g/mol. The van der Waals surface area contributed by atoms with Crippen molar-refractivity contribution >= 4 is 34.0 Å². The molecular weight excluding hydrogens is 325 g/mol. The predicted molar refractivity (Wildman–Crippen MR) is 83.5 cm³/mol. The van der Waals surface area contributed by atoms with Crippen LogP contribution in [-0.4, -0.2) is 28.4 Å². The normalized spacial score (nSPS) is 25.0. The highest BCUT2D eigenvalue weighted by Gasteiger charge is 2.51. The summed E-state index contributed by atoms with van der Waals surface area (Å²) in [5.41, 5.74) is 0.358. The SMILES string of the molecule is O=C1C2CCCN2C(c2c(F)cccc2Cl)N1c1nccs1. The van der Waals surface area contributed by atoms with Crippen LogP contribution in [0.25, 0.3) is 0 Å². The van der Waals surface area contributed by atoms with E-state index in [2.05, 4.69) is 4.98 Å². The van der Waals surface area contributed by atoms with Crippen molar-refractivity contribution in [1.29, 1.82) is 0 Å².